The fourth-order valence-corrected chi connectivity index (χ4v) is 4.97. The fraction of sp³-hybridized carbons (Fsp3) is 0.333. The van der Waals surface area contributed by atoms with Crippen LogP contribution in [0, 0.1) is 0 Å². The number of ether oxygens (including phenoxy) is 1. The standard InChI is InChI=1S/C15H16ClN5O3S/c1-19-9-11(8-17-19)12-10-20(6-7-24-12)25(22,23)15-14(16)18-13-4-2-3-5-21(13)15/h2-5,8-9,12H,6-7,10H2,1H3. The van der Waals surface area contributed by atoms with Gasteiger partial charge in [0.1, 0.15) is 5.65 Å². The number of sulfonamides is 1. The largest absolute Gasteiger partial charge is 0.371 e. The zero-order valence-corrected chi connectivity index (χ0v) is 15.0. The monoisotopic (exact) mass is 381 g/mol. The number of imidazole rings is 1. The van der Waals surface area contributed by atoms with E-state index in [4.69, 9.17) is 16.3 Å². The van der Waals surface area contributed by atoms with Crippen LogP contribution in [0.4, 0.5) is 0 Å². The minimum Gasteiger partial charge on any atom is -0.371 e. The lowest BCUT2D eigenvalue weighted by Gasteiger charge is -2.31. The van der Waals surface area contributed by atoms with Gasteiger partial charge in [0, 0.05) is 38.1 Å². The van der Waals surface area contributed by atoms with Crippen LogP contribution in [0.5, 0.6) is 0 Å². The third-order valence-corrected chi connectivity index (χ3v) is 6.42. The van der Waals surface area contributed by atoms with Gasteiger partial charge in [-0.15, -0.1) is 0 Å². The Hall–Kier alpha value is -1.94. The van der Waals surface area contributed by atoms with Crippen molar-refractivity contribution < 1.29 is 13.2 Å². The molecule has 0 aromatic carbocycles. The maximum Gasteiger partial charge on any atom is 0.262 e. The van der Waals surface area contributed by atoms with Gasteiger partial charge in [0.2, 0.25) is 0 Å². The van der Waals surface area contributed by atoms with Crippen LogP contribution in [0.15, 0.2) is 41.8 Å². The first-order chi connectivity index (χ1) is 12.0. The van der Waals surface area contributed by atoms with E-state index in [1.807, 2.05) is 6.20 Å². The van der Waals surface area contributed by atoms with E-state index < -0.39 is 10.0 Å². The van der Waals surface area contributed by atoms with Crippen molar-refractivity contribution in [1.82, 2.24) is 23.5 Å². The molecule has 0 saturated carbocycles. The van der Waals surface area contributed by atoms with Gasteiger partial charge < -0.3 is 4.74 Å². The SMILES string of the molecule is Cn1cc(C2CN(S(=O)(=O)c3c(Cl)nc4ccccn34)CCO2)cn1. The smallest absolute Gasteiger partial charge is 0.262 e. The Bertz CT molecular complexity index is 1030. The predicted octanol–water partition coefficient (Wildman–Crippen LogP) is 1.48. The number of halogens is 1. The molecular weight excluding hydrogens is 366 g/mol. The Balaban J connectivity index is 1.71. The molecule has 25 heavy (non-hydrogen) atoms. The first-order valence-electron chi connectivity index (χ1n) is 7.70. The third-order valence-electron chi connectivity index (χ3n) is 4.16. The second-order valence-electron chi connectivity index (χ2n) is 5.81. The Morgan fingerprint density at radius 3 is 2.96 bits per heavy atom. The number of morpholine rings is 1. The molecule has 0 N–H and O–H groups in total. The molecule has 132 valence electrons. The Morgan fingerprint density at radius 2 is 2.20 bits per heavy atom. The van der Waals surface area contributed by atoms with E-state index in [1.54, 1.807) is 42.3 Å². The Morgan fingerprint density at radius 1 is 1.36 bits per heavy atom. The average Bonchev–Trinajstić information content (AvgIpc) is 3.17. The molecule has 3 aromatic heterocycles. The average molecular weight is 382 g/mol. The molecule has 1 unspecified atom stereocenters. The number of rotatable bonds is 3. The molecule has 3 aromatic rings. The zero-order valence-electron chi connectivity index (χ0n) is 13.4. The van der Waals surface area contributed by atoms with Crippen molar-refractivity contribution >= 4 is 27.3 Å². The summed E-state index contributed by atoms with van der Waals surface area (Å²) < 4.78 is 36.6. The van der Waals surface area contributed by atoms with E-state index in [2.05, 4.69) is 10.1 Å². The molecule has 0 spiro atoms. The summed E-state index contributed by atoms with van der Waals surface area (Å²) in [5.74, 6) is 0. The first kappa shape index (κ1) is 16.5. The highest BCUT2D eigenvalue weighted by atomic mass is 35.5. The molecule has 0 aliphatic carbocycles. The molecular formula is C15H16ClN5O3S. The van der Waals surface area contributed by atoms with Crippen molar-refractivity contribution in [3.05, 3.63) is 47.5 Å². The van der Waals surface area contributed by atoms with E-state index in [-0.39, 0.29) is 29.4 Å². The van der Waals surface area contributed by atoms with Crippen molar-refractivity contribution in [2.24, 2.45) is 7.05 Å². The van der Waals surface area contributed by atoms with Gasteiger partial charge in [0.25, 0.3) is 10.0 Å². The van der Waals surface area contributed by atoms with Crippen LogP contribution in [0.2, 0.25) is 5.15 Å². The third kappa shape index (κ3) is 2.82. The second kappa shape index (κ2) is 6.10. The lowest BCUT2D eigenvalue weighted by Crippen LogP contribution is -2.42. The molecule has 0 amide bonds. The molecule has 1 atom stereocenters. The predicted molar refractivity (Wildman–Crippen MR) is 90.9 cm³/mol. The lowest BCUT2D eigenvalue weighted by atomic mass is 10.2. The molecule has 0 bridgehead atoms. The number of pyridine rings is 1. The molecule has 4 heterocycles. The van der Waals surface area contributed by atoms with Crippen LogP contribution >= 0.6 is 11.6 Å². The lowest BCUT2D eigenvalue weighted by molar-refractivity contribution is -0.00267. The van der Waals surface area contributed by atoms with Gasteiger partial charge >= 0.3 is 0 Å². The van der Waals surface area contributed by atoms with Crippen molar-refractivity contribution in [3.63, 3.8) is 0 Å². The molecule has 10 heteroatoms. The first-order valence-corrected chi connectivity index (χ1v) is 9.51. The van der Waals surface area contributed by atoms with Gasteiger partial charge in [0.05, 0.1) is 18.9 Å². The van der Waals surface area contributed by atoms with Crippen LogP contribution in [-0.2, 0) is 21.8 Å². The van der Waals surface area contributed by atoms with Crippen molar-refractivity contribution in [1.29, 1.82) is 0 Å². The van der Waals surface area contributed by atoms with Crippen LogP contribution in [0.25, 0.3) is 5.65 Å². The highest BCUT2D eigenvalue weighted by Crippen LogP contribution is 2.30. The van der Waals surface area contributed by atoms with Crippen LogP contribution in [0.3, 0.4) is 0 Å². The van der Waals surface area contributed by atoms with Gasteiger partial charge in [-0.25, -0.2) is 13.4 Å². The summed E-state index contributed by atoms with van der Waals surface area (Å²) in [7, 11) is -2.01. The highest BCUT2D eigenvalue weighted by Gasteiger charge is 2.35. The summed E-state index contributed by atoms with van der Waals surface area (Å²) in [5, 5.41) is 4.07. The van der Waals surface area contributed by atoms with E-state index in [0.717, 1.165) is 5.56 Å². The molecule has 1 aliphatic rings. The summed E-state index contributed by atoms with van der Waals surface area (Å²) in [6, 6.07) is 5.23. The quantitative estimate of drug-likeness (QED) is 0.686. The van der Waals surface area contributed by atoms with E-state index in [1.165, 1.54) is 8.71 Å². The fourth-order valence-electron chi connectivity index (χ4n) is 2.95. The number of fused-ring (bicyclic) bond motifs is 1. The van der Waals surface area contributed by atoms with E-state index >= 15 is 0 Å². The van der Waals surface area contributed by atoms with Crippen molar-refractivity contribution in [2.45, 2.75) is 11.1 Å². The summed E-state index contributed by atoms with van der Waals surface area (Å²) >= 11 is 6.15. The van der Waals surface area contributed by atoms with Crippen LogP contribution in [-0.4, -0.2) is 51.6 Å². The number of aryl methyl sites for hydroxylation is 1. The molecule has 1 aliphatic heterocycles. The number of nitrogens with zero attached hydrogens (tertiary/aromatic N) is 5. The summed E-state index contributed by atoms with van der Waals surface area (Å²) in [6.45, 7) is 0.757. The molecule has 0 radical (unpaired) electrons. The normalized spacial score (nSPS) is 19.5. The summed E-state index contributed by atoms with van der Waals surface area (Å²) in [4.78, 5) is 4.13. The van der Waals surface area contributed by atoms with Gasteiger partial charge in [-0.2, -0.15) is 9.40 Å². The second-order valence-corrected chi connectivity index (χ2v) is 8.02. The molecule has 1 saturated heterocycles. The van der Waals surface area contributed by atoms with Gasteiger partial charge in [-0.1, -0.05) is 17.7 Å². The van der Waals surface area contributed by atoms with Crippen LogP contribution < -0.4 is 0 Å². The number of hydrogen-bond acceptors (Lipinski definition) is 5. The molecule has 1 fully saturated rings. The molecule has 8 nitrogen and oxygen atoms in total. The van der Waals surface area contributed by atoms with Crippen LogP contribution in [0.1, 0.15) is 11.7 Å². The van der Waals surface area contributed by atoms with E-state index in [9.17, 15) is 8.42 Å². The maximum absolute atomic E-state index is 13.2. The van der Waals surface area contributed by atoms with Gasteiger partial charge in [-0.05, 0) is 12.1 Å². The Kier molecular flexibility index (Phi) is 4.03. The Labute approximate surface area is 149 Å². The summed E-state index contributed by atoms with van der Waals surface area (Å²) in [6.07, 6.45) is 4.78. The summed E-state index contributed by atoms with van der Waals surface area (Å²) in [5.41, 5.74) is 1.33. The zero-order chi connectivity index (χ0) is 17.6. The van der Waals surface area contributed by atoms with E-state index in [0.29, 0.717) is 12.3 Å². The number of hydrogen-bond donors (Lipinski definition) is 0. The van der Waals surface area contributed by atoms with Gasteiger partial charge in [0.15, 0.2) is 10.2 Å². The number of aromatic nitrogens is 4. The highest BCUT2D eigenvalue weighted by molar-refractivity contribution is 7.89. The van der Waals surface area contributed by atoms with Crippen molar-refractivity contribution in [2.75, 3.05) is 19.7 Å². The minimum atomic E-state index is -3.82. The minimum absolute atomic E-state index is 0.0170. The maximum atomic E-state index is 13.2. The molecule has 4 rings (SSSR count). The topological polar surface area (TPSA) is 81.7 Å². The van der Waals surface area contributed by atoms with Crippen molar-refractivity contribution in [3.8, 4) is 0 Å². The van der Waals surface area contributed by atoms with Gasteiger partial charge in [-0.3, -0.25) is 9.08 Å².